The summed E-state index contributed by atoms with van der Waals surface area (Å²) < 4.78 is 0. The van der Waals surface area contributed by atoms with E-state index in [1.54, 1.807) is 0 Å². The molecule has 0 heterocycles. The van der Waals surface area contributed by atoms with E-state index in [1.165, 1.54) is 0 Å². The van der Waals surface area contributed by atoms with Gasteiger partial charge < -0.3 is 15.7 Å². The van der Waals surface area contributed by atoms with E-state index in [0.717, 1.165) is 28.6 Å². The molecule has 0 aliphatic heterocycles. The van der Waals surface area contributed by atoms with Gasteiger partial charge in [-0.1, -0.05) is 12.1 Å². The normalized spacial score (nSPS) is 11.5. The molecule has 0 aliphatic rings. The highest BCUT2D eigenvalue weighted by Gasteiger charge is 2.16. The van der Waals surface area contributed by atoms with Crippen molar-refractivity contribution >= 4 is 35.7 Å². The van der Waals surface area contributed by atoms with Gasteiger partial charge in [-0.05, 0) is 31.0 Å². The Morgan fingerprint density at radius 1 is 1.38 bits per heavy atom. The highest BCUT2D eigenvalue weighted by molar-refractivity contribution is 8.00. The van der Waals surface area contributed by atoms with Gasteiger partial charge >= 0.3 is 5.97 Å². The van der Waals surface area contributed by atoms with Crippen LogP contribution in [0.5, 0.6) is 0 Å². The van der Waals surface area contributed by atoms with Gasteiger partial charge in [0.05, 0.1) is 5.75 Å². The Balaban J connectivity index is 2.46. The molecule has 0 aromatic heterocycles. The second kappa shape index (κ2) is 8.31. The Morgan fingerprint density at radius 2 is 2.10 bits per heavy atom. The van der Waals surface area contributed by atoms with Crippen LogP contribution in [0.3, 0.4) is 0 Å². The highest BCUT2D eigenvalue weighted by Crippen LogP contribution is 2.18. The van der Waals surface area contributed by atoms with Crippen LogP contribution in [0.4, 0.5) is 5.69 Å². The maximum Gasteiger partial charge on any atom is 0.327 e. The van der Waals surface area contributed by atoms with E-state index < -0.39 is 12.0 Å². The van der Waals surface area contributed by atoms with Gasteiger partial charge in [0.1, 0.15) is 6.04 Å². The molecule has 0 radical (unpaired) electrons. The number of aryl methyl sites for hydroxylation is 1. The standard InChI is InChI=1S/C14H18N2O4S/c1-9-4-3-5-11(10(9)2)16-13(18)7-21-6-12(14(19)20)15-8-17/h3-5,8,12H,6-7H2,1-2H3,(H,15,17)(H,16,18)(H,19,20). The maximum atomic E-state index is 11.8. The average Bonchev–Trinajstić information content (AvgIpc) is 2.43. The van der Waals surface area contributed by atoms with Gasteiger partial charge in [-0.25, -0.2) is 4.79 Å². The summed E-state index contributed by atoms with van der Waals surface area (Å²) in [4.78, 5) is 32.9. The third-order valence-electron chi connectivity index (χ3n) is 2.96. The van der Waals surface area contributed by atoms with Crippen molar-refractivity contribution in [3.05, 3.63) is 29.3 Å². The van der Waals surface area contributed by atoms with Crippen LogP contribution in [0.15, 0.2) is 18.2 Å². The number of aliphatic carboxylic acids is 1. The number of carbonyl (C=O) groups is 3. The Kier molecular flexibility index (Phi) is 6.74. The summed E-state index contributed by atoms with van der Waals surface area (Å²) in [5.41, 5.74) is 2.84. The number of carboxylic acids is 1. The second-order valence-corrected chi connectivity index (χ2v) is 5.52. The number of carbonyl (C=O) groups excluding carboxylic acids is 2. The number of rotatable bonds is 8. The van der Waals surface area contributed by atoms with Crippen molar-refractivity contribution in [3.8, 4) is 0 Å². The van der Waals surface area contributed by atoms with Crippen molar-refractivity contribution in [1.29, 1.82) is 0 Å². The molecule has 0 saturated heterocycles. The van der Waals surface area contributed by atoms with E-state index in [2.05, 4.69) is 10.6 Å². The van der Waals surface area contributed by atoms with Crippen LogP contribution >= 0.6 is 11.8 Å². The number of amides is 2. The molecule has 0 aliphatic carbocycles. The van der Waals surface area contributed by atoms with E-state index in [1.807, 2.05) is 32.0 Å². The minimum atomic E-state index is -1.12. The molecule has 0 fully saturated rings. The van der Waals surface area contributed by atoms with Crippen LogP contribution in [0.2, 0.25) is 0 Å². The average molecular weight is 310 g/mol. The molecule has 1 unspecified atom stereocenters. The quantitative estimate of drug-likeness (QED) is 0.627. The Hall–Kier alpha value is -2.02. The third kappa shape index (κ3) is 5.47. The number of anilines is 1. The first-order valence-corrected chi connectivity index (χ1v) is 7.47. The van der Waals surface area contributed by atoms with Crippen molar-refractivity contribution in [2.75, 3.05) is 16.8 Å². The molecule has 7 heteroatoms. The van der Waals surface area contributed by atoms with Gasteiger partial charge in [0.25, 0.3) is 0 Å². The highest BCUT2D eigenvalue weighted by atomic mass is 32.2. The lowest BCUT2D eigenvalue weighted by Crippen LogP contribution is -2.38. The van der Waals surface area contributed by atoms with E-state index in [0.29, 0.717) is 6.41 Å². The van der Waals surface area contributed by atoms with Crippen molar-refractivity contribution in [3.63, 3.8) is 0 Å². The number of carboxylic acid groups (broad SMARTS) is 1. The minimum absolute atomic E-state index is 0.123. The molecule has 1 aromatic carbocycles. The van der Waals surface area contributed by atoms with Crippen LogP contribution in [-0.2, 0) is 14.4 Å². The zero-order chi connectivity index (χ0) is 15.8. The van der Waals surface area contributed by atoms with Crippen LogP contribution in [0.1, 0.15) is 11.1 Å². The molecular weight excluding hydrogens is 292 g/mol. The lowest BCUT2D eigenvalue weighted by atomic mass is 10.1. The summed E-state index contributed by atoms with van der Waals surface area (Å²) >= 11 is 1.15. The van der Waals surface area contributed by atoms with Gasteiger partial charge in [-0.2, -0.15) is 0 Å². The van der Waals surface area contributed by atoms with E-state index in [-0.39, 0.29) is 17.4 Å². The predicted octanol–water partition coefficient (Wildman–Crippen LogP) is 1.17. The molecule has 0 bridgehead atoms. The van der Waals surface area contributed by atoms with Gasteiger partial charge in [0.2, 0.25) is 12.3 Å². The Labute approximate surface area is 127 Å². The molecule has 21 heavy (non-hydrogen) atoms. The van der Waals surface area contributed by atoms with Crippen LogP contribution in [0.25, 0.3) is 0 Å². The summed E-state index contributed by atoms with van der Waals surface area (Å²) in [6.07, 6.45) is 0.343. The molecule has 0 saturated carbocycles. The predicted molar refractivity (Wildman–Crippen MR) is 82.5 cm³/mol. The first-order valence-electron chi connectivity index (χ1n) is 6.32. The van der Waals surface area contributed by atoms with Crippen molar-refractivity contribution in [1.82, 2.24) is 5.32 Å². The summed E-state index contributed by atoms with van der Waals surface area (Å²) in [7, 11) is 0. The fourth-order valence-corrected chi connectivity index (χ4v) is 2.47. The molecule has 6 nitrogen and oxygen atoms in total. The molecule has 3 N–H and O–H groups in total. The summed E-state index contributed by atoms with van der Waals surface area (Å²) in [5, 5.41) is 13.8. The van der Waals surface area contributed by atoms with Gasteiger partial charge in [-0.15, -0.1) is 11.8 Å². The van der Waals surface area contributed by atoms with Crippen molar-refractivity contribution in [2.24, 2.45) is 0 Å². The van der Waals surface area contributed by atoms with E-state index >= 15 is 0 Å². The molecule has 1 rings (SSSR count). The maximum absolute atomic E-state index is 11.8. The summed E-state index contributed by atoms with van der Waals surface area (Å²) in [5.74, 6) is -1.07. The van der Waals surface area contributed by atoms with E-state index in [4.69, 9.17) is 5.11 Å². The number of thioether (sulfide) groups is 1. The first kappa shape index (κ1) is 17.0. The first-order chi connectivity index (χ1) is 9.95. The second-order valence-electron chi connectivity index (χ2n) is 4.49. The fraction of sp³-hybridized carbons (Fsp3) is 0.357. The molecular formula is C14H18N2O4S. The summed E-state index contributed by atoms with van der Waals surface area (Å²) in [6.45, 7) is 3.88. The summed E-state index contributed by atoms with van der Waals surface area (Å²) in [6, 6.07) is 4.65. The number of hydrogen-bond donors (Lipinski definition) is 3. The number of nitrogens with one attached hydrogen (secondary N) is 2. The van der Waals surface area contributed by atoms with Gasteiger partial charge in [0, 0.05) is 11.4 Å². The van der Waals surface area contributed by atoms with E-state index in [9.17, 15) is 14.4 Å². The number of hydrogen-bond acceptors (Lipinski definition) is 4. The smallest absolute Gasteiger partial charge is 0.327 e. The van der Waals surface area contributed by atoms with Crippen molar-refractivity contribution in [2.45, 2.75) is 19.9 Å². The number of benzene rings is 1. The monoisotopic (exact) mass is 310 g/mol. The molecule has 0 spiro atoms. The van der Waals surface area contributed by atoms with Crippen LogP contribution in [-0.4, -0.2) is 40.9 Å². The minimum Gasteiger partial charge on any atom is -0.480 e. The fourth-order valence-electron chi connectivity index (χ4n) is 1.62. The molecule has 2 amide bonds. The lowest BCUT2D eigenvalue weighted by molar-refractivity contribution is -0.139. The topological polar surface area (TPSA) is 95.5 Å². The van der Waals surface area contributed by atoms with Crippen LogP contribution < -0.4 is 10.6 Å². The molecule has 1 aromatic rings. The third-order valence-corrected chi connectivity index (χ3v) is 4.00. The Bertz CT molecular complexity index is 534. The van der Waals surface area contributed by atoms with Gasteiger partial charge in [-0.3, -0.25) is 9.59 Å². The Morgan fingerprint density at radius 3 is 2.71 bits per heavy atom. The van der Waals surface area contributed by atoms with Crippen molar-refractivity contribution < 1.29 is 19.5 Å². The lowest BCUT2D eigenvalue weighted by Gasteiger charge is -2.12. The largest absolute Gasteiger partial charge is 0.480 e. The SMILES string of the molecule is Cc1cccc(NC(=O)CSCC(NC=O)C(=O)O)c1C. The zero-order valence-electron chi connectivity index (χ0n) is 11.9. The molecule has 1 atom stereocenters. The zero-order valence-corrected chi connectivity index (χ0v) is 12.7. The van der Waals surface area contributed by atoms with Crippen LogP contribution in [0, 0.1) is 13.8 Å². The van der Waals surface area contributed by atoms with Gasteiger partial charge in [0.15, 0.2) is 0 Å². The molecule has 114 valence electrons.